The van der Waals surface area contributed by atoms with Crippen LogP contribution in [0.2, 0.25) is 0 Å². The van der Waals surface area contributed by atoms with Gasteiger partial charge in [0.1, 0.15) is 5.75 Å². The lowest BCUT2D eigenvalue weighted by Gasteiger charge is -2.24. The summed E-state index contributed by atoms with van der Waals surface area (Å²) in [7, 11) is 1.49. The highest BCUT2D eigenvalue weighted by atomic mass is 19.3. The molecule has 1 aromatic rings. The van der Waals surface area contributed by atoms with Gasteiger partial charge < -0.3 is 20.1 Å². The van der Waals surface area contributed by atoms with Gasteiger partial charge in [0.15, 0.2) is 0 Å². The molecule has 0 aliphatic rings. The molecule has 0 aromatic heterocycles. The van der Waals surface area contributed by atoms with E-state index in [0.717, 1.165) is 0 Å². The Morgan fingerprint density at radius 1 is 1.47 bits per heavy atom. The normalized spacial score (nSPS) is 12.1. The topological polar surface area (TPSA) is 61.8 Å². The van der Waals surface area contributed by atoms with Gasteiger partial charge in [-0.25, -0.2) is 4.79 Å². The zero-order chi connectivity index (χ0) is 14.4. The van der Waals surface area contributed by atoms with Crippen molar-refractivity contribution in [2.24, 2.45) is 0 Å². The smallest absolute Gasteiger partial charge is 0.387 e. The van der Waals surface area contributed by atoms with E-state index >= 15 is 0 Å². The number of nitrogens with zero attached hydrogens (tertiary/aromatic N) is 1. The van der Waals surface area contributed by atoms with Crippen LogP contribution in [0.3, 0.4) is 0 Å². The van der Waals surface area contributed by atoms with E-state index in [4.69, 9.17) is 5.11 Å². The lowest BCUT2D eigenvalue weighted by atomic mass is 10.3. The van der Waals surface area contributed by atoms with Gasteiger partial charge in [0.05, 0.1) is 18.3 Å². The van der Waals surface area contributed by atoms with Gasteiger partial charge in [-0.05, 0) is 19.1 Å². The Balaban J connectivity index is 2.79. The van der Waals surface area contributed by atoms with Gasteiger partial charge >= 0.3 is 12.6 Å². The van der Waals surface area contributed by atoms with E-state index in [1.807, 2.05) is 0 Å². The van der Waals surface area contributed by atoms with Gasteiger partial charge in [0.2, 0.25) is 0 Å². The highest BCUT2D eigenvalue weighted by molar-refractivity contribution is 5.91. The van der Waals surface area contributed by atoms with Crippen LogP contribution in [0.25, 0.3) is 0 Å². The lowest BCUT2D eigenvalue weighted by molar-refractivity contribution is -0.0493. The number of hydrogen-bond donors (Lipinski definition) is 2. The minimum absolute atomic E-state index is 0.115. The number of rotatable bonds is 5. The number of para-hydroxylation sites is 2. The molecule has 0 aliphatic heterocycles. The number of urea groups is 1. The predicted molar refractivity (Wildman–Crippen MR) is 66.4 cm³/mol. The molecule has 0 bridgehead atoms. The predicted octanol–water partition coefficient (Wildman–Crippen LogP) is 2.13. The Hall–Kier alpha value is -1.89. The van der Waals surface area contributed by atoms with E-state index < -0.39 is 12.6 Å². The van der Waals surface area contributed by atoms with Gasteiger partial charge in [-0.2, -0.15) is 8.78 Å². The molecule has 19 heavy (non-hydrogen) atoms. The maximum atomic E-state index is 12.2. The molecule has 0 saturated heterocycles. The van der Waals surface area contributed by atoms with Crippen LogP contribution < -0.4 is 10.1 Å². The van der Waals surface area contributed by atoms with Crippen molar-refractivity contribution in [3.8, 4) is 5.75 Å². The number of carbonyl (C=O) groups is 1. The molecule has 1 atom stereocenters. The third kappa shape index (κ3) is 4.36. The van der Waals surface area contributed by atoms with Gasteiger partial charge in [-0.15, -0.1) is 0 Å². The van der Waals surface area contributed by atoms with E-state index in [-0.39, 0.29) is 24.1 Å². The second-order valence-corrected chi connectivity index (χ2v) is 3.95. The van der Waals surface area contributed by atoms with Crippen LogP contribution in [0.15, 0.2) is 24.3 Å². The Kier molecular flexibility index (Phi) is 5.50. The summed E-state index contributed by atoms with van der Waals surface area (Å²) in [5, 5.41) is 11.4. The fraction of sp³-hybridized carbons (Fsp3) is 0.417. The van der Waals surface area contributed by atoms with Gasteiger partial charge in [0.25, 0.3) is 0 Å². The Bertz CT molecular complexity index is 429. The van der Waals surface area contributed by atoms with E-state index in [0.29, 0.717) is 0 Å². The molecule has 0 saturated carbocycles. The number of aliphatic hydroxyl groups excluding tert-OH is 1. The number of anilines is 1. The Morgan fingerprint density at radius 3 is 2.68 bits per heavy atom. The fourth-order valence-electron chi connectivity index (χ4n) is 1.29. The minimum Gasteiger partial charge on any atom is -0.433 e. The van der Waals surface area contributed by atoms with E-state index in [1.165, 1.54) is 30.1 Å². The quantitative estimate of drug-likeness (QED) is 0.864. The van der Waals surface area contributed by atoms with E-state index in [9.17, 15) is 13.6 Å². The van der Waals surface area contributed by atoms with Gasteiger partial charge in [-0.3, -0.25) is 0 Å². The summed E-state index contributed by atoms with van der Waals surface area (Å²) < 4.78 is 28.7. The minimum atomic E-state index is -2.97. The Morgan fingerprint density at radius 2 is 2.11 bits per heavy atom. The standard InChI is InChI=1S/C12H16F2N2O3/c1-8(7-17)16(2)12(18)15-9-5-3-4-6-10(9)19-11(13)14/h3-6,8,11,17H,7H2,1-2H3,(H,15,18). The summed E-state index contributed by atoms with van der Waals surface area (Å²) in [4.78, 5) is 13.1. The van der Waals surface area contributed by atoms with Gasteiger partial charge in [-0.1, -0.05) is 12.1 Å². The second kappa shape index (κ2) is 6.89. The highest BCUT2D eigenvalue weighted by Gasteiger charge is 2.17. The molecule has 106 valence electrons. The third-order valence-corrected chi connectivity index (χ3v) is 2.59. The molecule has 5 nitrogen and oxygen atoms in total. The van der Waals surface area contributed by atoms with Crippen molar-refractivity contribution in [2.75, 3.05) is 19.0 Å². The van der Waals surface area contributed by atoms with Crippen molar-refractivity contribution in [3.63, 3.8) is 0 Å². The van der Waals surface area contributed by atoms with Crippen LogP contribution in [-0.2, 0) is 0 Å². The number of halogens is 2. The molecule has 1 rings (SSSR count). The Labute approximate surface area is 109 Å². The van der Waals surface area contributed by atoms with Crippen molar-refractivity contribution in [1.29, 1.82) is 0 Å². The summed E-state index contributed by atoms with van der Waals surface area (Å²) >= 11 is 0. The van der Waals surface area contributed by atoms with E-state index in [1.54, 1.807) is 13.0 Å². The van der Waals surface area contributed by atoms with Crippen molar-refractivity contribution < 1.29 is 23.4 Å². The first-order valence-electron chi connectivity index (χ1n) is 5.64. The lowest BCUT2D eigenvalue weighted by Crippen LogP contribution is -2.40. The average Bonchev–Trinajstić information content (AvgIpc) is 2.38. The van der Waals surface area contributed by atoms with Crippen LogP contribution in [0.4, 0.5) is 19.3 Å². The zero-order valence-electron chi connectivity index (χ0n) is 10.6. The fourth-order valence-corrected chi connectivity index (χ4v) is 1.29. The van der Waals surface area contributed by atoms with Crippen molar-refractivity contribution in [1.82, 2.24) is 4.90 Å². The van der Waals surface area contributed by atoms with Crippen LogP contribution in [0, 0.1) is 0 Å². The summed E-state index contributed by atoms with van der Waals surface area (Å²) in [6.45, 7) is -1.51. The first kappa shape index (κ1) is 15.2. The highest BCUT2D eigenvalue weighted by Crippen LogP contribution is 2.25. The molecule has 0 fully saturated rings. The van der Waals surface area contributed by atoms with Crippen LogP contribution in [0.1, 0.15) is 6.92 Å². The third-order valence-electron chi connectivity index (χ3n) is 2.59. The van der Waals surface area contributed by atoms with Crippen LogP contribution in [-0.4, -0.2) is 42.3 Å². The van der Waals surface area contributed by atoms with E-state index in [2.05, 4.69) is 10.1 Å². The van der Waals surface area contributed by atoms with Crippen molar-refractivity contribution in [2.45, 2.75) is 19.6 Å². The van der Waals surface area contributed by atoms with Crippen molar-refractivity contribution >= 4 is 11.7 Å². The molecule has 2 N–H and O–H groups in total. The molecular weight excluding hydrogens is 258 g/mol. The molecule has 2 amide bonds. The first-order valence-corrected chi connectivity index (χ1v) is 5.64. The molecule has 0 radical (unpaired) electrons. The molecule has 0 spiro atoms. The number of benzene rings is 1. The molecule has 0 heterocycles. The number of hydrogen-bond acceptors (Lipinski definition) is 3. The summed E-state index contributed by atoms with van der Waals surface area (Å²) in [6, 6.07) is 4.98. The van der Waals surface area contributed by atoms with Gasteiger partial charge in [0, 0.05) is 7.05 Å². The maximum Gasteiger partial charge on any atom is 0.387 e. The number of likely N-dealkylation sites (N-methyl/N-ethyl adjacent to an activating group) is 1. The number of alkyl halides is 2. The van der Waals surface area contributed by atoms with Crippen LogP contribution in [0.5, 0.6) is 5.75 Å². The first-order chi connectivity index (χ1) is 8.95. The molecular formula is C12H16F2N2O3. The molecule has 0 aliphatic carbocycles. The maximum absolute atomic E-state index is 12.2. The largest absolute Gasteiger partial charge is 0.433 e. The number of aliphatic hydroxyl groups is 1. The second-order valence-electron chi connectivity index (χ2n) is 3.95. The molecule has 1 aromatic carbocycles. The molecule has 7 heteroatoms. The number of ether oxygens (including phenoxy) is 1. The zero-order valence-corrected chi connectivity index (χ0v) is 10.6. The summed E-state index contributed by atoms with van der Waals surface area (Å²) in [5.41, 5.74) is 0.143. The SMILES string of the molecule is CC(CO)N(C)C(=O)Nc1ccccc1OC(F)F. The summed E-state index contributed by atoms with van der Waals surface area (Å²) in [6.07, 6.45) is 0. The van der Waals surface area contributed by atoms with Crippen LogP contribution >= 0.6 is 0 Å². The monoisotopic (exact) mass is 274 g/mol. The van der Waals surface area contributed by atoms with Crippen molar-refractivity contribution in [3.05, 3.63) is 24.3 Å². The average molecular weight is 274 g/mol. The summed E-state index contributed by atoms with van der Waals surface area (Å²) in [5.74, 6) is -0.115. The molecule has 1 unspecified atom stereocenters. The number of nitrogens with one attached hydrogen (secondary N) is 1. The number of carbonyl (C=O) groups excluding carboxylic acids is 1. The number of amides is 2.